The third-order valence-corrected chi connectivity index (χ3v) is 4.73. The van der Waals surface area contributed by atoms with Gasteiger partial charge in [-0.2, -0.15) is 23.4 Å². The third-order valence-electron chi connectivity index (χ3n) is 4.41. The van der Waals surface area contributed by atoms with Gasteiger partial charge in [-0.15, -0.1) is 0 Å². The molecule has 2 heterocycles. The first-order valence-electron chi connectivity index (χ1n) is 8.87. The molecule has 0 atom stereocenters. The average Bonchev–Trinajstić information content (AvgIpc) is 3.25. The maximum absolute atomic E-state index is 13.7. The molecule has 1 aromatic carbocycles. The van der Waals surface area contributed by atoms with Gasteiger partial charge in [-0.05, 0) is 37.7 Å². The SMILES string of the molecule is CCn1c(CCNC(=O)c2cnn(-c3ccccc3C)c2C(F)(F)F)n[nH]c1=S. The number of aromatic nitrogens is 5. The van der Waals surface area contributed by atoms with Crippen LogP contribution < -0.4 is 5.32 Å². The van der Waals surface area contributed by atoms with Crippen LogP contribution in [0, 0.1) is 11.7 Å². The standard InChI is InChI=1S/C18H19F3N6OS/c1-3-26-14(24-25-17(26)29)8-9-22-16(28)12-10-23-27(15(12)18(19,20)21)13-7-5-4-6-11(13)2/h4-7,10H,3,8-9H2,1-2H3,(H,22,28)(H,25,29). The fourth-order valence-corrected chi connectivity index (χ4v) is 3.30. The Kier molecular flexibility index (Phi) is 5.87. The van der Waals surface area contributed by atoms with Crippen LogP contribution in [0.15, 0.2) is 30.5 Å². The van der Waals surface area contributed by atoms with Crippen LogP contribution in [0.25, 0.3) is 5.69 Å². The molecule has 0 aliphatic carbocycles. The van der Waals surface area contributed by atoms with E-state index >= 15 is 0 Å². The van der Waals surface area contributed by atoms with Crippen LogP contribution in [0.1, 0.15) is 34.4 Å². The lowest BCUT2D eigenvalue weighted by atomic mass is 10.1. The van der Waals surface area contributed by atoms with E-state index in [2.05, 4.69) is 20.6 Å². The maximum Gasteiger partial charge on any atom is 0.434 e. The molecule has 0 unspecified atom stereocenters. The minimum atomic E-state index is -4.75. The highest BCUT2D eigenvalue weighted by Gasteiger charge is 2.40. The molecule has 0 fully saturated rings. The van der Waals surface area contributed by atoms with Gasteiger partial charge in [0.1, 0.15) is 5.82 Å². The van der Waals surface area contributed by atoms with Crippen LogP contribution in [0.4, 0.5) is 13.2 Å². The van der Waals surface area contributed by atoms with Gasteiger partial charge in [0.25, 0.3) is 5.91 Å². The lowest BCUT2D eigenvalue weighted by Crippen LogP contribution is -2.29. The van der Waals surface area contributed by atoms with Crippen molar-refractivity contribution in [2.24, 2.45) is 0 Å². The number of H-pyrrole nitrogens is 1. The van der Waals surface area contributed by atoms with Crippen LogP contribution >= 0.6 is 12.2 Å². The molecule has 0 bridgehead atoms. The summed E-state index contributed by atoms with van der Waals surface area (Å²) in [5, 5.41) is 13.1. The summed E-state index contributed by atoms with van der Waals surface area (Å²) in [6, 6.07) is 6.53. The molecule has 0 radical (unpaired) electrons. The summed E-state index contributed by atoms with van der Waals surface area (Å²) in [6.45, 7) is 4.27. The summed E-state index contributed by atoms with van der Waals surface area (Å²) in [7, 11) is 0. The van der Waals surface area contributed by atoms with Crippen molar-refractivity contribution >= 4 is 18.1 Å². The van der Waals surface area contributed by atoms with Crippen LogP contribution in [0.3, 0.4) is 0 Å². The Morgan fingerprint density at radius 2 is 2.03 bits per heavy atom. The summed E-state index contributed by atoms with van der Waals surface area (Å²) >= 11 is 5.09. The van der Waals surface area contributed by atoms with Crippen molar-refractivity contribution in [2.75, 3.05) is 6.54 Å². The van der Waals surface area contributed by atoms with E-state index in [9.17, 15) is 18.0 Å². The normalized spacial score (nSPS) is 11.6. The first kappa shape index (κ1) is 20.8. The summed E-state index contributed by atoms with van der Waals surface area (Å²) in [6.07, 6.45) is -3.50. The smallest absolute Gasteiger partial charge is 0.351 e. The Hall–Kier alpha value is -2.95. The van der Waals surface area contributed by atoms with Crippen molar-refractivity contribution in [3.63, 3.8) is 0 Å². The van der Waals surface area contributed by atoms with Gasteiger partial charge >= 0.3 is 6.18 Å². The first-order valence-corrected chi connectivity index (χ1v) is 9.28. The van der Waals surface area contributed by atoms with Gasteiger partial charge < -0.3 is 9.88 Å². The second-order valence-electron chi connectivity index (χ2n) is 6.30. The van der Waals surface area contributed by atoms with Gasteiger partial charge in [-0.3, -0.25) is 9.89 Å². The maximum atomic E-state index is 13.7. The zero-order chi connectivity index (χ0) is 21.2. The van der Waals surface area contributed by atoms with Gasteiger partial charge in [0.05, 0.1) is 17.4 Å². The van der Waals surface area contributed by atoms with E-state index in [0.29, 0.717) is 29.1 Å². The van der Waals surface area contributed by atoms with E-state index in [-0.39, 0.29) is 12.2 Å². The van der Waals surface area contributed by atoms with E-state index in [1.165, 1.54) is 6.07 Å². The van der Waals surface area contributed by atoms with E-state index < -0.39 is 23.3 Å². The number of carbonyl (C=O) groups excluding carboxylic acids is 1. The van der Waals surface area contributed by atoms with Gasteiger partial charge in [0.2, 0.25) is 0 Å². The summed E-state index contributed by atoms with van der Waals surface area (Å²) in [4.78, 5) is 12.5. The second kappa shape index (κ2) is 8.19. The molecular weight excluding hydrogens is 405 g/mol. The highest BCUT2D eigenvalue weighted by atomic mass is 32.1. The van der Waals surface area contributed by atoms with Gasteiger partial charge in [-0.1, -0.05) is 18.2 Å². The molecule has 0 saturated carbocycles. The molecule has 2 N–H and O–H groups in total. The molecule has 3 rings (SSSR count). The molecule has 154 valence electrons. The van der Waals surface area contributed by atoms with E-state index in [4.69, 9.17) is 12.2 Å². The molecule has 11 heteroatoms. The van der Waals surface area contributed by atoms with Crippen molar-refractivity contribution in [2.45, 2.75) is 33.0 Å². The first-order chi connectivity index (χ1) is 13.7. The van der Waals surface area contributed by atoms with Crippen molar-refractivity contribution in [3.8, 4) is 5.69 Å². The van der Waals surface area contributed by atoms with Crippen molar-refractivity contribution in [1.82, 2.24) is 29.9 Å². The van der Waals surface area contributed by atoms with Crippen LogP contribution in [0.5, 0.6) is 0 Å². The predicted octanol–water partition coefficient (Wildman–Crippen LogP) is 3.45. The number of hydrogen-bond acceptors (Lipinski definition) is 4. The molecule has 3 aromatic rings. The number of carbonyl (C=O) groups is 1. The molecule has 0 saturated heterocycles. The number of nitrogens with zero attached hydrogens (tertiary/aromatic N) is 4. The summed E-state index contributed by atoms with van der Waals surface area (Å²) in [5.41, 5.74) is -0.775. The quantitative estimate of drug-likeness (QED) is 0.594. The van der Waals surface area contributed by atoms with E-state index in [1.54, 1.807) is 29.7 Å². The lowest BCUT2D eigenvalue weighted by Gasteiger charge is -2.14. The number of benzene rings is 1. The van der Waals surface area contributed by atoms with E-state index in [0.717, 1.165) is 10.9 Å². The third kappa shape index (κ3) is 4.24. The topological polar surface area (TPSA) is 80.5 Å². The van der Waals surface area contributed by atoms with E-state index in [1.807, 2.05) is 6.92 Å². The Bertz CT molecular complexity index is 1080. The predicted molar refractivity (Wildman–Crippen MR) is 102 cm³/mol. The molecular formula is C18H19F3N6OS. The number of aryl methyl sites for hydroxylation is 1. The highest BCUT2D eigenvalue weighted by molar-refractivity contribution is 7.71. The monoisotopic (exact) mass is 424 g/mol. The molecule has 0 aliphatic rings. The number of rotatable bonds is 6. The Balaban J connectivity index is 1.84. The average molecular weight is 424 g/mol. The highest BCUT2D eigenvalue weighted by Crippen LogP contribution is 2.34. The number of para-hydroxylation sites is 1. The molecule has 0 spiro atoms. The van der Waals surface area contributed by atoms with Crippen LogP contribution in [-0.4, -0.2) is 37.0 Å². The number of alkyl halides is 3. The van der Waals surface area contributed by atoms with Gasteiger partial charge in [-0.25, -0.2) is 4.68 Å². The summed E-state index contributed by atoms with van der Waals surface area (Å²) in [5.74, 6) is -0.237. The Labute approximate surface area is 169 Å². The minimum Gasteiger partial charge on any atom is -0.351 e. The fraction of sp³-hybridized carbons (Fsp3) is 0.333. The largest absolute Gasteiger partial charge is 0.434 e. The number of halogens is 3. The summed E-state index contributed by atoms with van der Waals surface area (Å²) < 4.78 is 44.2. The number of hydrogen-bond donors (Lipinski definition) is 2. The zero-order valence-corrected chi connectivity index (χ0v) is 16.6. The number of amides is 1. The Morgan fingerprint density at radius 3 is 2.69 bits per heavy atom. The van der Waals surface area contributed by atoms with Crippen molar-refractivity contribution in [3.05, 3.63) is 57.9 Å². The molecule has 29 heavy (non-hydrogen) atoms. The van der Waals surface area contributed by atoms with Gasteiger partial charge in [0, 0.05) is 19.5 Å². The number of aromatic amines is 1. The zero-order valence-electron chi connectivity index (χ0n) is 15.7. The second-order valence-corrected chi connectivity index (χ2v) is 6.68. The minimum absolute atomic E-state index is 0.102. The Morgan fingerprint density at radius 1 is 1.31 bits per heavy atom. The fourth-order valence-electron chi connectivity index (χ4n) is 3.02. The van der Waals surface area contributed by atoms with Gasteiger partial charge in [0.15, 0.2) is 10.5 Å². The molecule has 7 nitrogen and oxygen atoms in total. The van der Waals surface area contributed by atoms with Crippen molar-refractivity contribution in [1.29, 1.82) is 0 Å². The molecule has 2 aromatic heterocycles. The molecule has 1 amide bonds. The van der Waals surface area contributed by atoms with Crippen molar-refractivity contribution < 1.29 is 18.0 Å². The van der Waals surface area contributed by atoms with Crippen LogP contribution in [0.2, 0.25) is 0 Å². The van der Waals surface area contributed by atoms with Crippen LogP contribution in [-0.2, 0) is 19.1 Å². The number of nitrogens with one attached hydrogen (secondary N) is 2. The molecule has 0 aliphatic heterocycles. The lowest BCUT2D eigenvalue weighted by molar-refractivity contribution is -0.143.